The second-order valence-electron chi connectivity index (χ2n) is 6.94. The Balaban J connectivity index is 1.63. The quantitative estimate of drug-likeness (QED) is 0.350. The molecule has 152 valence electrons. The molecule has 1 heterocycles. The number of hydrogen-bond acceptors (Lipinski definition) is 3. The third-order valence-electron chi connectivity index (χ3n) is 4.91. The Bertz CT molecular complexity index is 591. The number of methoxy groups -OCH3 is 1. The lowest BCUT2D eigenvalue weighted by Gasteiger charge is -2.33. The van der Waals surface area contributed by atoms with E-state index in [1.807, 2.05) is 12.1 Å². The molecule has 2 N–H and O–H groups in total. The molecule has 1 saturated heterocycles. The van der Waals surface area contributed by atoms with E-state index in [0.29, 0.717) is 12.5 Å². The summed E-state index contributed by atoms with van der Waals surface area (Å²) in [4.78, 5) is 6.82. The molecule has 0 radical (unpaired) electrons. The predicted octanol–water partition coefficient (Wildman–Crippen LogP) is 3.19. The zero-order valence-electron chi connectivity index (χ0n) is 16.4. The number of aryl methyl sites for hydroxylation is 1. The van der Waals surface area contributed by atoms with Gasteiger partial charge < -0.3 is 20.3 Å². The average Bonchev–Trinajstić information content (AvgIpc) is 2.67. The Morgan fingerprint density at radius 1 is 1.33 bits per heavy atom. The van der Waals surface area contributed by atoms with Crippen molar-refractivity contribution in [2.24, 2.45) is 4.99 Å². The van der Waals surface area contributed by atoms with Crippen molar-refractivity contribution in [1.29, 1.82) is 0 Å². The predicted molar refractivity (Wildman–Crippen MR) is 113 cm³/mol. The van der Waals surface area contributed by atoms with E-state index in [1.165, 1.54) is 6.07 Å². The van der Waals surface area contributed by atoms with E-state index in [-0.39, 0.29) is 5.82 Å². The van der Waals surface area contributed by atoms with Crippen LogP contribution in [0.1, 0.15) is 31.2 Å². The molecule has 7 heteroatoms. The molecular formula is C20H32BrFN4O. The van der Waals surface area contributed by atoms with Crippen LogP contribution in [-0.4, -0.2) is 63.8 Å². The maximum atomic E-state index is 13.8. The summed E-state index contributed by atoms with van der Waals surface area (Å²) in [5, 5.41) is 6.87. The van der Waals surface area contributed by atoms with Crippen molar-refractivity contribution < 1.29 is 9.13 Å². The minimum Gasteiger partial charge on any atom is -0.385 e. The van der Waals surface area contributed by atoms with E-state index in [4.69, 9.17) is 4.74 Å². The third kappa shape index (κ3) is 8.15. The summed E-state index contributed by atoms with van der Waals surface area (Å²) in [7, 11) is 3.55. The maximum Gasteiger partial charge on any atom is 0.191 e. The molecule has 1 aliphatic heterocycles. The third-order valence-corrected chi connectivity index (χ3v) is 5.40. The number of hydrogen-bond donors (Lipinski definition) is 2. The Morgan fingerprint density at radius 2 is 2.11 bits per heavy atom. The molecule has 0 aromatic heterocycles. The van der Waals surface area contributed by atoms with Crippen molar-refractivity contribution in [3.63, 3.8) is 0 Å². The molecule has 1 aromatic carbocycles. The number of ether oxygens (including phenoxy) is 1. The maximum absolute atomic E-state index is 13.8. The van der Waals surface area contributed by atoms with Gasteiger partial charge in [-0.2, -0.15) is 0 Å². The molecule has 0 saturated carbocycles. The number of likely N-dealkylation sites (tertiary alicyclic amines) is 1. The first-order valence-corrected chi connectivity index (χ1v) is 10.5. The van der Waals surface area contributed by atoms with E-state index in [1.54, 1.807) is 14.2 Å². The van der Waals surface area contributed by atoms with E-state index in [9.17, 15) is 4.39 Å². The minimum atomic E-state index is -0.149. The zero-order chi connectivity index (χ0) is 19.5. The lowest BCUT2D eigenvalue weighted by atomic mass is 10.1. The van der Waals surface area contributed by atoms with Crippen molar-refractivity contribution in [1.82, 2.24) is 15.5 Å². The molecule has 0 unspecified atom stereocenters. The fourth-order valence-electron chi connectivity index (χ4n) is 3.33. The first-order chi connectivity index (χ1) is 13.1. The standard InChI is InChI=1S/C20H32BrFN4O/c1-23-20(24-10-3-5-16-6-7-17(21)15-19(16)22)25-18-8-12-26(13-9-18)11-4-14-27-2/h6-7,15,18H,3-5,8-14H2,1-2H3,(H2,23,24,25). The van der Waals surface area contributed by atoms with Gasteiger partial charge in [-0.05, 0) is 49.8 Å². The summed E-state index contributed by atoms with van der Waals surface area (Å²) in [6, 6.07) is 5.70. The fraction of sp³-hybridized carbons (Fsp3) is 0.650. The van der Waals surface area contributed by atoms with Gasteiger partial charge in [0.05, 0.1) is 0 Å². The summed E-state index contributed by atoms with van der Waals surface area (Å²) < 4.78 is 19.7. The van der Waals surface area contributed by atoms with Gasteiger partial charge in [0.1, 0.15) is 5.82 Å². The highest BCUT2D eigenvalue weighted by molar-refractivity contribution is 9.10. The Morgan fingerprint density at radius 3 is 2.78 bits per heavy atom. The summed E-state index contributed by atoms with van der Waals surface area (Å²) in [6.07, 6.45) is 4.91. The summed E-state index contributed by atoms with van der Waals surface area (Å²) in [6.45, 7) is 4.94. The minimum absolute atomic E-state index is 0.149. The number of benzene rings is 1. The van der Waals surface area contributed by atoms with Crippen LogP contribution in [0.5, 0.6) is 0 Å². The van der Waals surface area contributed by atoms with Crippen molar-refractivity contribution in [2.75, 3.05) is 46.9 Å². The van der Waals surface area contributed by atoms with E-state index < -0.39 is 0 Å². The highest BCUT2D eigenvalue weighted by Crippen LogP contribution is 2.16. The van der Waals surface area contributed by atoms with E-state index in [0.717, 1.165) is 74.5 Å². The molecule has 1 aromatic rings. The molecule has 27 heavy (non-hydrogen) atoms. The van der Waals surface area contributed by atoms with Gasteiger partial charge >= 0.3 is 0 Å². The van der Waals surface area contributed by atoms with Crippen LogP contribution in [0, 0.1) is 5.82 Å². The number of guanidine groups is 1. The zero-order valence-corrected chi connectivity index (χ0v) is 18.0. The van der Waals surface area contributed by atoms with Gasteiger partial charge in [-0.3, -0.25) is 4.99 Å². The average molecular weight is 443 g/mol. The fourth-order valence-corrected chi connectivity index (χ4v) is 3.66. The van der Waals surface area contributed by atoms with Gasteiger partial charge in [0, 0.05) is 57.5 Å². The van der Waals surface area contributed by atoms with Crippen LogP contribution in [0.3, 0.4) is 0 Å². The number of rotatable bonds is 9. The van der Waals surface area contributed by atoms with E-state index in [2.05, 4.69) is 36.5 Å². The van der Waals surface area contributed by atoms with Crippen LogP contribution in [0.2, 0.25) is 0 Å². The molecule has 1 fully saturated rings. The van der Waals surface area contributed by atoms with Gasteiger partial charge in [-0.15, -0.1) is 0 Å². The van der Waals surface area contributed by atoms with Gasteiger partial charge in [0.2, 0.25) is 0 Å². The number of piperidine rings is 1. The van der Waals surface area contributed by atoms with Crippen molar-refractivity contribution in [3.8, 4) is 0 Å². The topological polar surface area (TPSA) is 48.9 Å². The molecule has 1 aliphatic rings. The molecule has 0 aliphatic carbocycles. The molecule has 0 atom stereocenters. The van der Waals surface area contributed by atoms with E-state index >= 15 is 0 Å². The molecule has 5 nitrogen and oxygen atoms in total. The number of aliphatic imine (C=N–C) groups is 1. The second-order valence-corrected chi connectivity index (χ2v) is 7.86. The van der Waals surface area contributed by atoms with Crippen molar-refractivity contribution >= 4 is 21.9 Å². The molecule has 0 spiro atoms. The summed E-state index contributed by atoms with van der Waals surface area (Å²) >= 11 is 3.29. The van der Waals surface area contributed by atoms with Crippen LogP contribution in [0.25, 0.3) is 0 Å². The first-order valence-electron chi connectivity index (χ1n) is 9.74. The SMILES string of the molecule is CN=C(NCCCc1ccc(Br)cc1F)NC1CCN(CCCOC)CC1. The van der Waals surface area contributed by atoms with Gasteiger partial charge in [0.15, 0.2) is 5.96 Å². The molecule has 2 rings (SSSR count). The van der Waals surface area contributed by atoms with Crippen LogP contribution < -0.4 is 10.6 Å². The summed E-state index contributed by atoms with van der Waals surface area (Å²) in [5.41, 5.74) is 0.754. The van der Waals surface area contributed by atoms with Crippen LogP contribution in [0.4, 0.5) is 4.39 Å². The monoisotopic (exact) mass is 442 g/mol. The second kappa shape index (κ2) is 12.3. The van der Waals surface area contributed by atoms with Gasteiger partial charge in [0.25, 0.3) is 0 Å². The molecule has 0 amide bonds. The Labute approximate surface area is 170 Å². The normalized spacial score (nSPS) is 16.5. The number of nitrogens with zero attached hydrogens (tertiary/aromatic N) is 2. The van der Waals surface area contributed by atoms with Crippen molar-refractivity contribution in [3.05, 3.63) is 34.1 Å². The van der Waals surface area contributed by atoms with Crippen LogP contribution in [-0.2, 0) is 11.2 Å². The van der Waals surface area contributed by atoms with Crippen LogP contribution >= 0.6 is 15.9 Å². The highest BCUT2D eigenvalue weighted by atomic mass is 79.9. The lowest BCUT2D eigenvalue weighted by molar-refractivity contribution is 0.155. The van der Waals surface area contributed by atoms with Crippen molar-refractivity contribution in [2.45, 2.75) is 38.1 Å². The summed E-state index contributed by atoms with van der Waals surface area (Å²) in [5.74, 6) is 0.688. The Kier molecular flexibility index (Phi) is 10.1. The Hall–Kier alpha value is -1.18. The lowest BCUT2D eigenvalue weighted by Crippen LogP contribution is -2.49. The van der Waals surface area contributed by atoms with Gasteiger partial charge in [-0.25, -0.2) is 4.39 Å². The first kappa shape index (κ1) is 22.1. The molecular weight excluding hydrogens is 411 g/mol. The van der Waals surface area contributed by atoms with Gasteiger partial charge in [-0.1, -0.05) is 22.0 Å². The number of nitrogens with one attached hydrogen (secondary N) is 2. The highest BCUT2D eigenvalue weighted by Gasteiger charge is 2.19. The molecule has 0 bridgehead atoms. The smallest absolute Gasteiger partial charge is 0.191 e. The number of halogens is 2. The van der Waals surface area contributed by atoms with Crippen LogP contribution in [0.15, 0.2) is 27.7 Å². The largest absolute Gasteiger partial charge is 0.385 e.